The molecule has 0 aliphatic rings. The highest BCUT2D eigenvalue weighted by Crippen LogP contribution is 2.22. The molecule has 2 aromatic rings. The van der Waals surface area contributed by atoms with E-state index in [1.165, 1.54) is 48.5 Å². The third kappa shape index (κ3) is 2.80. The van der Waals surface area contributed by atoms with Gasteiger partial charge in [-0.25, -0.2) is 0 Å². The van der Waals surface area contributed by atoms with Crippen molar-refractivity contribution in [1.82, 2.24) is 0 Å². The lowest BCUT2D eigenvalue weighted by Gasteiger charge is -2.10. The van der Waals surface area contributed by atoms with Crippen LogP contribution in [0.5, 0.6) is 11.5 Å². The van der Waals surface area contributed by atoms with Crippen LogP contribution in [0.25, 0.3) is 0 Å². The van der Waals surface area contributed by atoms with Crippen LogP contribution in [0.1, 0.15) is 21.8 Å². The summed E-state index contributed by atoms with van der Waals surface area (Å²) in [6, 6.07) is 11.6. The Morgan fingerprint density at radius 2 is 1.37 bits per heavy atom. The summed E-state index contributed by atoms with van der Waals surface area (Å²) in [6.07, 6.45) is 0.571. The molecule has 0 spiro atoms. The number of aromatic hydroxyl groups is 2. The van der Waals surface area contributed by atoms with Gasteiger partial charge in [-0.15, -0.1) is 0 Å². The fourth-order valence-electron chi connectivity index (χ4n) is 1.78. The van der Waals surface area contributed by atoms with Crippen LogP contribution < -0.4 is 0 Å². The topological polar surface area (TPSA) is 74.6 Å². The maximum absolute atomic E-state index is 12.2. The molecule has 19 heavy (non-hydrogen) atoms. The smallest absolute Gasteiger partial charge is 0.177 e. The monoisotopic (exact) mass is 256 g/mol. The number of Topliss-reactive ketones (excluding diaryl/α,β-unsaturated/α-hetero) is 1. The van der Waals surface area contributed by atoms with Crippen molar-refractivity contribution in [1.29, 1.82) is 0 Å². The lowest BCUT2D eigenvalue weighted by Crippen LogP contribution is -2.14. The molecule has 4 nitrogen and oxygen atoms in total. The molecule has 0 heterocycles. The van der Waals surface area contributed by atoms with Gasteiger partial charge >= 0.3 is 0 Å². The van der Waals surface area contributed by atoms with Crippen LogP contribution in [-0.2, 0) is 4.79 Å². The molecule has 0 radical (unpaired) electrons. The molecule has 4 heteroatoms. The lowest BCUT2D eigenvalue weighted by molar-refractivity contribution is -0.108. The number of carbonyl (C=O) groups excluding carboxylic acids is 2. The van der Waals surface area contributed by atoms with Crippen LogP contribution in [0, 0.1) is 0 Å². The molecule has 2 rings (SSSR count). The zero-order valence-corrected chi connectivity index (χ0v) is 9.98. The fourth-order valence-corrected chi connectivity index (χ4v) is 1.78. The van der Waals surface area contributed by atoms with Gasteiger partial charge in [0.1, 0.15) is 23.7 Å². The first kappa shape index (κ1) is 12.8. The number of rotatable bonds is 4. The van der Waals surface area contributed by atoms with Crippen LogP contribution in [-0.4, -0.2) is 22.3 Å². The first-order valence-corrected chi connectivity index (χ1v) is 5.69. The van der Waals surface area contributed by atoms with Crippen LogP contribution in [0.4, 0.5) is 0 Å². The molecule has 1 unspecified atom stereocenters. The molecule has 0 aliphatic carbocycles. The summed E-state index contributed by atoms with van der Waals surface area (Å²) in [5.74, 6) is -1.12. The highest BCUT2D eigenvalue weighted by atomic mass is 16.3. The second kappa shape index (κ2) is 5.35. The normalized spacial score (nSPS) is 11.8. The van der Waals surface area contributed by atoms with Crippen molar-refractivity contribution in [3.8, 4) is 11.5 Å². The molecule has 0 aliphatic heterocycles. The highest BCUT2D eigenvalue weighted by Gasteiger charge is 2.21. The van der Waals surface area contributed by atoms with Gasteiger partial charge in [-0.05, 0) is 42.0 Å². The molecule has 0 amide bonds. The average molecular weight is 256 g/mol. The van der Waals surface area contributed by atoms with Crippen molar-refractivity contribution in [3.63, 3.8) is 0 Å². The van der Waals surface area contributed by atoms with Gasteiger partial charge in [-0.2, -0.15) is 0 Å². The van der Waals surface area contributed by atoms with Gasteiger partial charge in [0.15, 0.2) is 5.78 Å². The predicted molar refractivity (Wildman–Crippen MR) is 69.3 cm³/mol. The zero-order valence-electron chi connectivity index (χ0n) is 9.98. The van der Waals surface area contributed by atoms with Crippen molar-refractivity contribution >= 4 is 12.1 Å². The van der Waals surface area contributed by atoms with E-state index in [1.54, 1.807) is 0 Å². The van der Waals surface area contributed by atoms with Crippen LogP contribution in [0.3, 0.4) is 0 Å². The Labute approximate surface area is 109 Å². The van der Waals surface area contributed by atoms with E-state index in [2.05, 4.69) is 0 Å². The van der Waals surface area contributed by atoms with Crippen molar-refractivity contribution < 1.29 is 19.8 Å². The quantitative estimate of drug-likeness (QED) is 0.500. The Bertz CT molecular complexity index is 585. The van der Waals surface area contributed by atoms with E-state index in [9.17, 15) is 19.8 Å². The van der Waals surface area contributed by atoms with Crippen LogP contribution in [0.15, 0.2) is 48.5 Å². The van der Waals surface area contributed by atoms with Crippen molar-refractivity contribution in [2.75, 3.05) is 0 Å². The third-order valence-electron chi connectivity index (χ3n) is 2.82. The van der Waals surface area contributed by atoms with Gasteiger partial charge in [-0.1, -0.05) is 12.1 Å². The van der Waals surface area contributed by atoms with Gasteiger partial charge in [-0.3, -0.25) is 4.79 Å². The SMILES string of the molecule is O=CC(C(=O)c1ccc(O)cc1)c1ccc(O)cc1. The van der Waals surface area contributed by atoms with E-state index >= 15 is 0 Å². The third-order valence-corrected chi connectivity index (χ3v) is 2.82. The Hall–Kier alpha value is -2.62. The first-order chi connectivity index (χ1) is 9.11. The summed E-state index contributed by atoms with van der Waals surface area (Å²) < 4.78 is 0. The minimum Gasteiger partial charge on any atom is -0.508 e. The number of ketones is 1. The predicted octanol–water partition coefficient (Wildman–Crippen LogP) is 2.26. The van der Waals surface area contributed by atoms with E-state index in [0.717, 1.165) is 0 Å². The Morgan fingerprint density at radius 3 is 1.84 bits per heavy atom. The number of aldehydes is 1. The molecule has 2 aromatic carbocycles. The van der Waals surface area contributed by atoms with Gasteiger partial charge in [0.05, 0.1) is 0 Å². The number of hydrogen-bond acceptors (Lipinski definition) is 4. The van der Waals surface area contributed by atoms with Crippen LogP contribution in [0.2, 0.25) is 0 Å². The number of carbonyl (C=O) groups is 2. The van der Waals surface area contributed by atoms with Gasteiger partial charge in [0, 0.05) is 5.56 Å². The Morgan fingerprint density at radius 1 is 0.895 bits per heavy atom. The number of benzene rings is 2. The lowest BCUT2D eigenvalue weighted by atomic mass is 9.92. The molecule has 0 bridgehead atoms. The number of phenols is 2. The van der Waals surface area contributed by atoms with E-state index in [4.69, 9.17) is 0 Å². The summed E-state index contributed by atoms with van der Waals surface area (Å²) in [6.45, 7) is 0. The summed E-state index contributed by atoms with van der Waals surface area (Å²) in [7, 11) is 0. The van der Waals surface area contributed by atoms with E-state index in [-0.39, 0.29) is 17.3 Å². The minimum absolute atomic E-state index is 0.0591. The molecule has 0 saturated heterocycles. The van der Waals surface area contributed by atoms with Crippen molar-refractivity contribution in [2.45, 2.75) is 5.92 Å². The molecule has 96 valence electrons. The van der Waals surface area contributed by atoms with E-state index in [1.807, 2.05) is 0 Å². The van der Waals surface area contributed by atoms with Gasteiger partial charge < -0.3 is 15.0 Å². The molecule has 0 aromatic heterocycles. The maximum atomic E-state index is 12.2. The number of hydrogen-bond donors (Lipinski definition) is 2. The second-order valence-electron chi connectivity index (χ2n) is 4.12. The fraction of sp³-hybridized carbons (Fsp3) is 0.0667. The average Bonchev–Trinajstić information content (AvgIpc) is 2.42. The highest BCUT2D eigenvalue weighted by molar-refractivity contribution is 6.09. The number of phenolic OH excluding ortho intramolecular Hbond substituents is 2. The van der Waals surface area contributed by atoms with Crippen molar-refractivity contribution in [3.05, 3.63) is 59.7 Å². The zero-order chi connectivity index (χ0) is 13.8. The summed E-state index contributed by atoms with van der Waals surface area (Å²) in [5.41, 5.74) is 0.869. The summed E-state index contributed by atoms with van der Waals surface area (Å²) in [4.78, 5) is 23.3. The minimum atomic E-state index is -0.912. The molecule has 1 atom stereocenters. The molecule has 0 fully saturated rings. The largest absolute Gasteiger partial charge is 0.508 e. The van der Waals surface area contributed by atoms with Crippen molar-refractivity contribution in [2.24, 2.45) is 0 Å². The van der Waals surface area contributed by atoms with E-state index < -0.39 is 5.92 Å². The first-order valence-electron chi connectivity index (χ1n) is 5.69. The van der Waals surface area contributed by atoms with E-state index in [0.29, 0.717) is 17.4 Å². The maximum Gasteiger partial charge on any atom is 0.177 e. The summed E-state index contributed by atoms with van der Waals surface area (Å²) in [5, 5.41) is 18.4. The van der Waals surface area contributed by atoms with Gasteiger partial charge in [0.2, 0.25) is 0 Å². The second-order valence-corrected chi connectivity index (χ2v) is 4.12. The molecule has 2 N–H and O–H groups in total. The summed E-state index contributed by atoms with van der Waals surface area (Å²) >= 11 is 0. The molecular formula is C15H12O4. The Kier molecular flexibility index (Phi) is 3.61. The Balaban J connectivity index is 2.31. The standard InChI is InChI=1S/C15H12O4/c16-9-14(10-1-5-12(17)6-2-10)15(19)11-3-7-13(18)8-4-11/h1-9,14,17-18H. The molecular weight excluding hydrogens is 244 g/mol. The van der Waals surface area contributed by atoms with Gasteiger partial charge in [0.25, 0.3) is 0 Å². The van der Waals surface area contributed by atoms with Crippen LogP contribution >= 0.6 is 0 Å². The molecule has 0 saturated carbocycles.